The summed E-state index contributed by atoms with van der Waals surface area (Å²) in [7, 11) is 1.65. The highest BCUT2D eigenvalue weighted by molar-refractivity contribution is 7.21. The first-order valence-electron chi connectivity index (χ1n) is 10.4. The molecular weight excluding hydrogens is 414 g/mol. The van der Waals surface area contributed by atoms with Crippen LogP contribution in [-0.4, -0.2) is 39.7 Å². The van der Waals surface area contributed by atoms with E-state index < -0.39 is 0 Å². The first-order valence-corrected chi connectivity index (χ1v) is 11.2. The van der Waals surface area contributed by atoms with Gasteiger partial charge in [0.2, 0.25) is 0 Å². The Balaban J connectivity index is 1.76. The Kier molecular flexibility index (Phi) is 5.41. The number of thiophene rings is 1. The third-order valence-electron chi connectivity index (χ3n) is 5.74. The molecule has 8 nitrogen and oxygen atoms in total. The fraction of sp³-hybridized carbons (Fsp3) is 0.545. The van der Waals surface area contributed by atoms with Gasteiger partial charge in [-0.25, -0.2) is 0 Å². The average Bonchev–Trinajstić information content (AvgIpc) is 3.26. The highest BCUT2D eigenvalue weighted by Crippen LogP contribution is 2.49. The maximum atomic E-state index is 13.1. The van der Waals surface area contributed by atoms with Crippen molar-refractivity contribution in [3.8, 4) is 11.5 Å². The SMILES string of the molecule is COc1cc2c(OC3CC(C)(C)CC(C)(C)C3)c(C(=O)Nc3nn[nH]n3)sc2cc1C. The molecule has 0 atom stereocenters. The number of nitrogens with one attached hydrogen (secondary N) is 2. The van der Waals surface area contributed by atoms with Crippen LogP contribution in [0.5, 0.6) is 11.5 Å². The second-order valence-electron chi connectivity index (χ2n) is 9.92. The number of ether oxygens (including phenoxy) is 2. The minimum atomic E-state index is -0.316. The number of tetrazole rings is 1. The maximum absolute atomic E-state index is 13.1. The minimum Gasteiger partial charge on any atom is -0.496 e. The fourth-order valence-electron chi connectivity index (χ4n) is 5.06. The van der Waals surface area contributed by atoms with Crippen molar-refractivity contribution < 1.29 is 14.3 Å². The van der Waals surface area contributed by atoms with E-state index in [2.05, 4.69) is 53.6 Å². The molecule has 1 amide bonds. The zero-order valence-corrected chi connectivity index (χ0v) is 19.6. The lowest BCUT2D eigenvalue weighted by Crippen LogP contribution is -2.39. The number of nitrogens with zero attached hydrogens (tertiary/aromatic N) is 3. The molecular formula is C22H29N5O3S. The van der Waals surface area contributed by atoms with Crippen molar-refractivity contribution in [2.45, 2.75) is 60.0 Å². The van der Waals surface area contributed by atoms with Crippen molar-refractivity contribution >= 4 is 33.3 Å². The predicted octanol–water partition coefficient (Wildman–Crippen LogP) is 4.97. The highest BCUT2D eigenvalue weighted by atomic mass is 32.1. The topological polar surface area (TPSA) is 102 Å². The standard InChI is InChI=1S/C22H29N5O3S/c1-12-7-16-14(8-15(12)29-6)17(18(31-16)19(28)23-20-24-26-27-25-20)30-13-9-21(2,3)11-22(4,5)10-13/h7-8,13H,9-11H2,1-6H3,(H2,23,24,25,26,27,28). The maximum Gasteiger partial charge on any atom is 0.272 e. The summed E-state index contributed by atoms with van der Waals surface area (Å²) >= 11 is 1.40. The molecule has 31 heavy (non-hydrogen) atoms. The fourth-order valence-corrected chi connectivity index (χ4v) is 6.17. The number of anilines is 1. The van der Waals surface area contributed by atoms with E-state index >= 15 is 0 Å². The molecule has 9 heteroatoms. The molecule has 2 N–H and O–H groups in total. The summed E-state index contributed by atoms with van der Waals surface area (Å²) in [5.74, 6) is 1.17. The zero-order chi connectivity index (χ0) is 22.4. The molecule has 0 aliphatic heterocycles. The van der Waals surface area contributed by atoms with E-state index in [1.807, 2.05) is 19.1 Å². The van der Waals surface area contributed by atoms with Gasteiger partial charge < -0.3 is 9.47 Å². The number of aromatic amines is 1. The number of carbonyl (C=O) groups is 1. The smallest absolute Gasteiger partial charge is 0.272 e. The van der Waals surface area contributed by atoms with Gasteiger partial charge in [-0.05, 0) is 59.9 Å². The molecule has 2 aromatic heterocycles. The Morgan fingerprint density at radius 2 is 1.94 bits per heavy atom. The summed E-state index contributed by atoms with van der Waals surface area (Å²) in [6.07, 6.45) is 3.02. The average molecular weight is 444 g/mol. The number of aromatic nitrogens is 4. The van der Waals surface area contributed by atoms with Crippen molar-refractivity contribution in [2.75, 3.05) is 12.4 Å². The zero-order valence-electron chi connectivity index (χ0n) is 18.8. The minimum absolute atomic E-state index is 0.0144. The van der Waals surface area contributed by atoms with E-state index in [0.29, 0.717) is 10.6 Å². The van der Waals surface area contributed by atoms with Gasteiger partial charge >= 0.3 is 0 Å². The van der Waals surface area contributed by atoms with Crippen LogP contribution in [0.2, 0.25) is 0 Å². The number of fused-ring (bicyclic) bond motifs is 1. The summed E-state index contributed by atoms with van der Waals surface area (Å²) in [6.45, 7) is 11.1. The molecule has 2 heterocycles. The quantitative estimate of drug-likeness (QED) is 0.577. The van der Waals surface area contributed by atoms with Gasteiger partial charge in [-0.2, -0.15) is 5.21 Å². The van der Waals surface area contributed by atoms with Crippen molar-refractivity contribution in [3.05, 3.63) is 22.6 Å². The largest absolute Gasteiger partial charge is 0.496 e. The van der Waals surface area contributed by atoms with Crippen molar-refractivity contribution in [1.29, 1.82) is 0 Å². The number of amides is 1. The van der Waals surface area contributed by atoms with Gasteiger partial charge in [0.1, 0.15) is 10.6 Å². The number of carbonyl (C=O) groups excluding carboxylic acids is 1. The molecule has 0 saturated heterocycles. The van der Waals surface area contributed by atoms with Crippen molar-refractivity contribution in [1.82, 2.24) is 20.6 Å². The van der Waals surface area contributed by atoms with E-state index in [1.54, 1.807) is 7.11 Å². The first kappa shape index (κ1) is 21.5. The second kappa shape index (κ2) is 7.78. The lowest BCUT2D eigenvalue weighted by molar-refractivity contribution is 0.0140. The van der Waals surface area contributed by atoms with Gasteiger partial charge in [-0.3, -0.25) is 10.1 Å². The molecule has 166 valence electrons. The lowest BCUT2D eigenvalue weighted by Gasteiger charge is -2.44. The monoisotopic (exact) mass is 443 g/mol. The van der Waals surface area contributed by atoms with Crippen LogP contribution in [0.15, 0.2) is 12.1 Å². The number of hydrogen-bond donors (Lipinski definition) is 2. The van der Waals surface area contributed by atoms with E-state index in [4.69, 9.17) is 9.47 Å². The van der Waals surface area contributed by atoms with Crippen LogP contribution < -0.4 is 14.8 Å². The third kappa shape index (κ3) is 4.51. The number of rotatable bonds is 5. The third-order valence-corrected chi connectivity index (χ3v) is 6.87. The van der Waals surface area contributed by atoms with Gasteiger partial charge in [-0.1, -0.05) is 32.8 Å². The van der Waals surface area contributed by atoms with E-state index in [1.165, 1.54) is 11.3 Å². The van der Waals surface area contributed by atoms with Crippen molar-refractivity contribution in [3.63, 3.8) is 0 Å². The predicted molar refractivity (Wildman–Crippen MR) is 121 cm³/mol. The number of H-pyrrole nitrogens is 1. The molecule has 1 fully saturated rings. The number of aryl methyl sites for hydroxylation is 1. The van der Waals surface area contributed by atoms with Crippen LogP contribution in [0, 0.1) is 17.8 Å². The molecule has 1 aliphatic rings. The first-order chi connectivity index (χ1) is 14.6. The molecule has 1 aliphatic carbocycles. The second-order valence-corrected chi connectivity index (χ2v) is 11.0. The number of hydrogen-bond acceptors (Lipinski definition) is 7. The summed E-state index contributed by atoms with van der Waals surface area (Å²) in [5, 5.41) is 17.1. The molecule has 1 saturated carbocycles. The van der Waals surface area contributed by atoms with E-state index in [9.17, 15) is 4.79 Å². The van der Waals surface area contributed by atoms with Crippen LogP contribution in [0.1, 0.15) is 62.2 Å². The number of benzene rings is 1. The van der Waals surface area contributed by atoms with Gasteiger partial charge in [0.05, 0.1) is 13.2 Å². The van der Waals surface area contributed by atoms with Crippen LogP contribution >= 0.6 is 11.3 Å². The van der Waals surface area contributed by atoms with Crippen LogP contribution in [0.4, 0.5) is 5.95 Å². The van der Waals surface area contributed by atoms with Crippen LogP contribution in [-0.2, 0) is 0 Å². The Morgan fingerprint density at radius 1 is 1.23 bits per heavy atom. The highest BCUT2D eigenvalue weighted by Gasteiger charge is 2.40. The Morgan fingerprint density at radius 3 is 2.55 bits per heavy atom. The molecule has 0 bridgehead atoms. The normalized spacial score (nSPS) is 18.1. The summed E-state index contributed by atoms with van der Waals surface area (Å²) in [6, 6.07) is 3.99. The molecule has 0 unspecified atom stereocenters. The molecule has 0 spiro atoms. The van der Waals surface area contributed by atoms with Crippen LogP contribution in [0.3, 0.4) is 0 Å². The molecule has 1 aromatic carbocycles. The van der Waals surface area contributed by atoms with Gasteiger partial charge in [0.25, 0.3) is 11.9 Å². The summed E-state index contributed by atoms with van der Waals surface area (Å²) in [5.41, 5.74) is 1.34. The van der Waals surface area contributed by atoms with Gasteiger partial charge in [-0.15, -0.1) is 16.4 Å². The van der Waals surface area contributed by atoms with Gasteiger partial charge in [0, 0.05) is 10.1 Å². The van der Waals surface area contributed by atoms with Crippen LogP contribution in [0.25, 0.3) is 10.1 Å². The molecule has 0 radical (unpaired) electrons. The van der Waals surface area contributed by atoms with E-state index in [0.717, 1.165) is 40.7 Å². The summed E-state index contributed by atoms with van der Waals surface area (Å²) in [4.78, 5) is 13.6. The number of methoxy groups -OCH3 is 1. The van der Waals surface area contributed by atoms with Crippen molar-refractivity contribution in [2.24, 2.45) is 10.8 Å². The summed E-state index contributed by atoms with van der Waals surface area (Å²) < 4.78 is 13.1. The lowest BCUT2D eigenvalue weighted by atomic mass is 9.64. The van der Waals surface area contributed by atoms with Gasteiger partial charge in [0.15, 0.2) is 5.75 Å². The Bertz CT molecular complexity index is 1090. The molecule has 3 aromatic rings. The Labute approximate surface area is 185 Å². The Hall–Kier alpha value is -2.68. The molecule has 4 rings (SSSR count). The van der Waals surface area contributed by atoms with E-state index in [-0.39, 0.29) is 28.8 Å².